The zero-order valence-corrected chi connectivity index (χ0v) is 16.8. The second kappa shape index (κ2) is 6.77. The highest BCUT2D eigenvalue weighted by molar-refractivity contribution is 9.10. The first kappa shape index (κ1) is 18.0. The van der Waals surface area contributed by atoms with E-state index in [9.17, 15) is 9.18 Å². The number of hydrogen-bond donors (Lipinski definition) is 2. The molecule has 1 amide bonds. The number of nitrogens with zero attached hydrogens (tertiary/aromatic N) is 3. The summed E-state index contributed by atoms with van der Waals surface area (Å²) in [6.07, 6.45) is 2.80. The van der Waals surface area contributed by atoms with Crippen LogP contribution in [0.25, 0.3) is 22.4 Å². The predicted molar refractivity (Wildman–Crippen MR) is 108 cm³/mol. The molecule has 29 heavy (non-hydrogen) atoms. The molecular weight excluding hydrogens is 441 g/mol. The van der Waals surface area contributed by atoms with E-state index in [2.05, 4.69) is 41.4 Å². The van der Waals surface area contributed by atoms with E-state index >= 15 is 0 Å². The molecule has 0 radical (unpaired) electrons. The molecule has 2 atom stereocenters. The van der Waals surface area contributed by atoms with Crippen LogP contribution in [0.3, 0.4) is 0 Å². The van der Waals surface area contributed by atoms with Gasteiger partial charge in [-0.2, -0.15) is 4.98 Å². The molecule has 1 aromatic carbocycles. The van der Waals surface area contributed by atoms with Gasteiger partial charge in [-0.15, -0.1) is 0 Å². The molecule has 2 N–H and O–H groups in total. The number of pyridine rings is 1. The zero-order valence-electron chi connectivity index (χ0n) is 15.2. The summed E-state index contributed by atoms with van der Waals surface area (Å²) in [5.74, 6) is 0.108. The highest BCUT2D eigenvalue weighted by Gasteiger charge is 2.43. The van der Waals surface area contributed by atoms with Gasteiger partial charge < -0.3 is 14.8 Å². The number of fused-ring (bicyclic) bond motifs is 1. The lowest BCUT2D eigenvalue weighted by Gasteiger charge is -2.09. The van der Waals surface area contributed by atoms with Crippen LogP contribution in [-0.4, -0.2) is 32.2 Å². The normalized spacial score (nSPS) is 18.2. The Morgan fingerprint density at radius 3 is 3.00 bits per heavy atom. The van der Waals surface area contributed by atoms with Gasteiger partial charge in [-0.3, -0.25) is 9.78 Å². The van der Waals surface area contributed by atoms with Crippen molar-refractivity contribution in [1.29, 1.82) is 0 Å². The summed E-state index contributed by atoms with van der Waals surface area (Å²) in [6.45, 7) is 1.89. The number of alkyl halides is 1. The minimum atomic E-state index is -0.901. The number of aryl methyl sites for hydroxylation is 1. The highest BCUT2D eigenvalue weighted by atomic mass is 79.9. The number of benzene rings is 1. The molecule has 1 aliphatic rings. The number of amides is 1. The van der Waals surface area contributed by atoms with Crippen molar-refractivity contribution in [2.75, 3.05) is 5.32 Å². The third kappa shape index (κ3) is 3.31. The summed E-state index contributed by atoms with van der Waals surface area (Å²) in [5, 5.41) is 6.87. The van der Waals surface area contributed by atoms with Gasteiger partial charge >= 0.3 is 0 Å². The number of nitrogens with one attached hydrogen (secondary N) is 2. The maximum absolute atomic E-state index is 13.2. The molecule has 0 bridgehead atoms. The molecule has 3 aromatic heterocycles. The average molecular weight is 456 g/mol. The predicted octanol–water partition coefficient (Wildman–Crippen LogP) is 4.76. The van der Waals surface area contributed by atoms with E-state index in [0.717, 1.165) is 15.6 Å². The summed E-state index contributed by atoms with van der Waals surface area (Å²) < 4.78 is 19.2. The molecule has 7 nitrogen and oxygen atoms in total. The van der Waals surface area contributed by atoms with Gasteiger partial charge in [0, 0.05) is 28.1 Å². The van der Waals surface area contributed by atoms with Gasteiger partial charge in [0.05, 0.1) is 17.0 Å². The molecule has 0 unspecified atom stereocenters. The number of H-pyrrole nitrogens is 1. The first-order valence-electron chi connectivity index (χ1n) is 9.02. The fraction of sp³-hybridized carbons (Fsp3) is 0.200. The topological polar surface area (TPSA) is 96.7 Å². The second-order valence-corrected chi connectivity index (χ2v) is 7.97. The Bertz CT molecular complexity index is 1250. The van der Waals surface area contributed by atoms with Crippen LogP contribution in [0.2, 0.25) is 0 Å². The van der Waals surface area contributed by atoms with Crippen molar-refractivity contribution in [2.45, 2.75) is 25.4 Å². The van der Waals surface area contributed by atoms with Crippen molar-refractivity contribution in [3.8, 4) is 11.4 Å². The third-order valence-corrected chi connectivity index (χ3v) is 5.38. The Balaban J connectivity index is 1.42. The largest absolute Gasteiger partial charge is 0.359 e. The second-order valence-electron chi connectivity index (χ2n) is 7.05. The first-order chi connectivity index (χ1) is 14.0. The Hall–Kier alpha value is -3.07. The average Bonchev–Trinajstić information content (AvgIpc) is 3.10. The Morgan fingerprint density at radius 1 is 1.38 bits per heavy atom. The molecule has 0 spiro atoms. The van der Waals surface area contributed by atoms with Gasteiger partial charge in [0.15, 0.2) is 0 Å². The number of carbonyl (C=O) groups excluding carboxylic acids is 1. The number of halogens is 2. The third-order valence-electron chi connectivity index (χ3n) is 4.94. The smallest absolute Gasteiger partial charge is 0.259 e. The van der Waals surface area contributed by atoms with Crippen LogP contribution in [0.15, 0.2) is 45.7 Å². The number of aromatic amines is 1. The van der Waals surface area contributed by atoms with Crippen LogP contribution in [0.1, 0.15) is 34.2 Å². The number of aromatic nitrogens is 4. The molecule has 4 aromatic rings. The lowest BCUT2D eigenvalue weighted by atomic mass is 10.1. The van der Waals surface area contributed by atoms with Crippen molar-refractivity contribution in [3.63, 3.8) is 0 Å². The van der Waals surface area contributed by atoms with Crippen molar-refractivity contribution in [3.05, 3.63) is 58.1 Å². The van der Waals surface area contributed by atoms with Gasteiger partial charge in [0.2, 0.25) is 11.7 Å². The fourth-order valence-electron chi connectivity index (χ4n) is 3.16. The number of carbonyl (C=O) groups is 1. The van der Waals surface area contributed by atoms with Crippen molar-refractivity contribution in [2.24, 2.45) is 0 Å². The molecule has 1 fully saturated rings. The van der Waals surface area contributed by atoms with E-state index in [4.69, 9.17) is 4.52 Å². The quantitative estimate of drug-likeness (QED) is 0.462. The molecule has 146 valence electrons. The Labute approximate surface area is 172 Å². The van der Waals surface area contributed by atoms with E-state index in [1.54, 1.807) is 18.5 Å². The van der Waals surface area contributed by atoms with Crippen LogP contribution in [-0.2, 0) is 0 Å². The van der Waals surface area contributed by atoms with Crippen molar-refractivity contribution < 1.29 is 13.7 Å². The zero-order chi connectivity index (χ0) is 20.1. The van der Waals surface area contributed by atoms with Gasteiger partial charge in [-0.25, -0.2) is 4.39 Å². The minimum Gasteiger partial charge on any atom is -0.359 e. The summed E-state index contributed by atoms with van der Waals surface area (Å²) >= 11 is 3.37. The highest BCUT2D eigenvalue weighted by Crippen LogP contribution is 2.43. The van der Waals surface area contributed by atoms with E-state index in [1.807, 2.05) is 25.1 Å². The molecule has 5 rings (SSSR count). The SMILES string of the molecule is Cc1ccc(-c2noc([C@H]3C[C@@H]3F)n2)cc1NC(=O)c1c[nH]c2cc(Br)cnc12. The maximum Gasteiger partial charge on any atom is 0.259 e. The van der Waals surface area contributed by atoms with E-state index in [-0.39, 0.29) is 11.8 Å². The first-order valence-corrected chi connectivity index (χ1v) is 9.81. The van der Waals surface area contributed by atoms with Crippen molar-refractivity contribution >= 4 is 38.6 Å². The summed E-state index contributed by atoms with van der Waals surface area (Å²) in [7, 11) is 0. The van der Waals surface area contributed by atoms with Crippen molar-refractivity contribution in [1.82, 2.24) is 20.1 Å². The molecule has 3 heterocycles. The van der Waals surface area contributed by atoms with Gasteiger partial charge in [-0.1, -0.05) is 17.3 Å². The van der Waals surface area contributed by atoms with Crippen LogP contribution < -0.4 is 5.32 Å². The lowest BCUT2D eigenvalue weighted by Crippen LogP contribution is -2.12. The molecule has 1 saturated carbocycles. The number of hydrogen-bond acceptors (Lipinski definition) is 5. The lowest BCUT2D eigenvalue weighted by molar-refractivity contribution is 0.102. The monoisotopic (exact) mass is 455 g/mol. The number of anilines is 1. The minimum absolute atomic E-state index is 0.279. The Morgan fingerprint density at radius 2 is 2.21 bits per heavy atom. The maximum atomic E-state index is 13.2. The van der Waals surface area contributed by atoms with Gasteiger partial charge in [0.1, 0.15) is 11.7 Å². The van der Waals surface area contributed by atoms with Crippen LogP contribution in [0.4, 0.5) is 10.1 Å². The molecule has 1 aliphatic carbocycles. The summed E-state index contributed by atoms with van der Waals surface area (Å²) in [5.41, 5.74) is 3.99. The fourth-order valence-corrected chi connectivity index (χ4v) is 3.49. The van der Waals surface area contributed by atoms with E-state index < -0.39 is 6.17 Å². The van der Waals surface area contributed by atoms with Crippen LogP contribution >= 0.6 is 15.9 Å². The molecule has 0 saturated heterocycles. The van der Waals surface area contributed by atoms with E-state index in [1.165, 1.54) is 0 Å². The van der Waals surface area contributed by atoms with Crippen LogP contribution in [0, 0.1) is 6.92 Å². The Kier molecular flexibility index (Phi) is 4.20. The van der Waals surface area contributed by atoms with Gasteiger partial charge in [0.25, 0.3) is 5.91 Å². The molecule has 9 heteroatoms. The summed E-state index contributed by atoms with van der Waals surface area (Å²) in [4.78, 5) is 24.5. The van der Waals surface area contributed by atoms with Crippen LogP contribution in [0.5, 0.6) is 0 Å². The van der Waals surface area contributed by atoms with Gasteiger partial charge in [-0.05, 0) is 47.0 Å². The standard InChI is InChI=1S/C20H15BrFN5O2/c1-9-2-3-10(18-26-20(29-27-18)12-6-14(12)22)4-15(9)25-19(28)13-8-23-16-5-11(21)7-24-17(13)16/h2-5,7-8,12,14,23H,6H2,1H3,(H,25,28)/t12-,14-/m0/s1. The summed E-state index contributed by atoms with van der Waals surface area (Å²) in [6, 6.07) is 7.34. The number of rotatable bonds is 4. The molecular formula is C20H15BrFN5O2. The molecule has 0 aliphatic heterocycles. The van der Waals surface area contributed by atoms with E-state index in [0.29, 0.717) is 40.5 Å².